The van der Waals surface area contributed by atoms with Crippen molar-refractivity contribution in [3.05, 3.63) is 36.5 Å². The lowest BCUT2D eigenvalue weighted by Crippen LogP contribution is -2.26. The van der Waals surface area contributed by atoms with Gasteiger partial charge >= 0.3 is 0 Å². The quantitative estimate of drug-likeness (QED) is 0.562. The van der Waals surface area contributed by atoms with E-state index in [-0.39, 0.29) is 5.91 Å². The van der Waals surface area contributed by atoms with E-state index in [4.69, 9.17) is 5.73 Å². The van der Waals surface area contributed by atoms with Crippen LogP contribution in [0.4, 0.5) is 11.5 Å². The lowest BCUT2D eigenvalue weighted by Gasteiger charge is -2.08. The maximum Gasteiger partial charge on any atom is 0.216 e. The van der Waals surface area contributed by atoms with Gasteiger partial charge in [0.25, 0.3) is 0 Å². The van der Waals surface area contributed by atoms with Crippen molar-refractivity contribution in [3.63, 3.8) is 0 Å². The molecule has 20 heavy (non-hydrogen) atoms. The number of nitrogens with two attached hydrogens (primary N) is 1. The van der Waals surface area contributed by atoms with E-state index in [9.17, 15) is 4.79 Å². The number of carbonyl (C=O) groups excluding carboxylic acids is 1. The molecule has 0 fully saturated rings. The molecule has 0 aliphatic carbocycles. The summed E-state index contributed by atoms with van der Waals surface area (Å²) < 4.78 is 0. The number of aromatic nitrogens is 2. The van der Waals surface area contributed by atoms with Gasteiger partial charge in [0.15, 0.2) is 5.82 Å². The molecule has 1 heterocycles. The molecule has 0 aliphatic rings. The van der Waals surface area contributed by atoms with E-state index < -0.39 is 0 Å². The third-order valence-electron chi connectivity index (χ3n) is 2.66. The molecule has 0 saturated carbocycles. The molecule has 6 nitrogen and oxygen atoms in total. The number of para-hydroxylation sites is 1. The Morgan fingerprint density at radius 1 is 1.25 bits per heavy atom. The first-order chi connectivity index (χ1) is 9.66. The lowest BCUT2D eigenvalue weighted by molar-refractivity contribution is -0.118. The van der Waals surface area contributed by atoms with Crippen molar-refractivity contribution in [3.8, 4) is 11.4 Å². The second-order valence-electron chi connectivity index (χ2n) is 4.26. The Hall–Kier alpha value is -2.63. The Morgan fingerprint density at radius 2 is 2.05 bits per heavy atom. The van der Waals surface area contributed by atoms with Gasteiger partial charge in [-0.2, -0.15) is 0 Å². The maximum absolute atomic E-state index is 10.8. The lowest BCUT2D eigenvalue weighted by atomic mass is 10.1. The average molecular weight is 271 g/mol. The van der Waals surface area contributed by atoms with E-state index in [1.54, 1.807) is 12.3 Å². The summed E-state index contributed by atoms with van der Waals surface area (Å²) in [5.74, 6) is 1.23. The van der Waals surface area contributed by atoms with Crippen LogP contribution in [0.5, 0.6) is 0 Å². The normalized spacial score (nSPS) is 10.1. The molecule has 1 aromatic heterocycles. The van der Waals surface area contributed by atoms with E-state index >= 15 is 0 Å². The minimum atomic E-state index is -0.0489. The zero-order valence-corrected chi connectivity index (χ0v) is 11.3. The summed E-state index contributed by atoms with van der Waals surface area (Å²) in [5, 5.41) is 5.83. The zero-order chi connectivity index (χ0) is 14.4. The Balaban J connectivity index is 2.05. The van der Waals surface area contributed by atoms with Crippen LogP contribution >= 0.6 is 0 Å². The van der Waals surface area contributed by atoms with Crippen LogP contribution in [-0.2, 0) is 4.79 Å². The van der Waals surface area contributed by atoms with Crippen molar-refractivity contribution in [2.75, 3.05) is 24.1 Å². The van der Waals surface area contributed by atoms with Crippen LogP contribution in [0.2, 0.25) is 0 Å². The molecule has 0 aliphatic heterocycles. The summed E-state index contributed by atoms with van der Waals surface area (Å²) in [6.07, 6.45) is 1.68. The second kappa shape index (κ2) is 6.51. The summed E-state index contributed by atoms with van der Waals surface area (Å²) in [4.78, 5) is 19.4. The first kappa shape index (κ1) is 13.8. The maximum atomic E-state index is 10.8. The number of hydrogen-bond acceptors (Lipinski definition) is 5. The average Bonchev–Trinajstić information content (AvgIpc) is 2.44. The van der Waals surface area contributed by atoms with Crippen molar-refractivity contribution in [2.45, 2.75) is 6.92 Å². The van der Waals surface area contributed by atoms with Gasteiger partial charge in [-0.3, -0.25) is 4.79 Å². The Kier molecular flexibility index (Phi) is 4.49. The highest BCUT2D eigenvalue weighted by molar-refractivity contribution is 5.73. The first-order valence-electron chi connectivity index (χ1n) is 6.33. The minimum Gasteiger partial charge on any atom is -0.398 e. The van der Waals surface area contributed by atoms with Crippen LogP contribution in [0.3, 0.4) is 0 Å². The monoisotopic (exact) mass is 271 g/mol. The predicted molar refractivity (Wildman–Crippen MR) is 79.1 cm³/mol. The van der Waals surface area contributed by atoms with E-state index in [0.717, 1.165) is 5.56 Å². The van der Waals surface area contributed by atoms with E-state index in [1.165, 1.54) is 6.92 Å². The molecule has 0 atom stereocenters. The SMILES string of the molecule is CC(=O)NCCNc1ccnc(-c2ccccc2N)n1. The van der Waals surface area contributed by atoms with Gasteiger partial charge in [0.2, 0.25) is 5.91 Å². The summed E-state index contributed by atoms with van der Waals surface area (Å²) >= 11 is 0. The third-order valence-corrected chi connectivity index (χ3v) is 2.66. The molecule has 1 aromatic carbocycles. The molecule has 104 valence electrons. The van der Waals surface area contributed by atoms with Crippen LogP contribution in [0.1, 0.15) is 6.92 Å². The molecule has 1 amide bonds. The van der Waals surface area contributed by atoms with Crippen LogP contribution < -0.4 is 16.4 Å². The number of anilines is 2. The molecular weight excluding hydrogens is 254 g/mol. The molecule has 0 bridgehead atoms. The standard InChI is InChI=1S/C14H17N5O/c1-10(20)16-8-9-17-13-6-7-18-14(19-13)11-4-2-3-5-12(11)15/h2-7H,8-9,15H2,1H3,(H,16,20)(H,17,18,19). The fourth-order valence-corrected chi connectivity index (χ4v) is 1.72. The van der Waals surface area contributed by atoms with E-state index in [2.05, 4.69) is 20.6 Å². The van der Waals surface area contributed by atoms with Crippen molar-refractivity contribution in [2.24, 2.45) is 0 Å². The van der Waals surface area contributed by atoms with Gasteiger partial charge in [-0.15, -0.1) is 0 Å². The van der Waals surface area contributed by atoms with Crippen LogP contribution in [0.15, 0.2) is 36.5 Å². The number of rotatable bonds is 5. The van der Waals surface area contributed by atoms with Gasteiger partial charge in [0.1, 0.15) is 5.82 Å². The van der Waals surface area contributed by atoms with Gasteiger partial charge < -0.3 is 16.4 Å². The molecule has 0 radical (unpaired) electrons. The fraction of sp³-hybridized carbons (Fsp3) is 0.214. The Bertz CT molecular complexity index is 600. The number of carbonyl (C=O) groups is 1. The highest BCUT2D eigenvalue weighted by atomic mass is 16.1. The molecule has 0 spiro atoms. The van der Waals surface area contributed by atoms with Gasteiger partial charge in [-0.1, -0.05) is 12.1 Å². The molecular formula is C14H17N5O. The molecule has 6 heteroatoms. The smallest absolute Gasteiger partial charge is 0.216 e. The van der Waals surface area contributed by atoms with Crippen molar-refractivity contribution in [1.29, 1.82) is 0 Å². The summed E-state index contributed by atoms with van der Waals surface area (Å²) in [6.45, 7) is 2.63. The second-order valence-corrected chi connectivity index (χ2v) is 4.26. The highest BCUT2D eigenvalue weighted by Crippen LogP contribution is 2.22. The third kappa shape index (κ3) is 3.68. The van der Waals surface area contributed by atoms with Gasteiger partial charge in [-0.05, 0) is 18.2 Å². The molecule has 0 saturated heterocycles. The van der Waals surface area contributed by atoms with Crippen molar-refractivity contribution in [1.82, 2.24) is 15.3 Å². The van der Waals surface area contributed by atoms with Gasteiger partial charge in [0, 0.05) is 37.5 Å². The minimum absolute atomic E-state index is 0.0489. The van der Waals surface area contributed by atoms with Crippen LogP contribution in [0.25, 0.3) is 11.4 Å². The predicted octanol–water partition coefficient (Wildman–Crippen LogP) is 1.27. The molecule has 0 unspecified atom stereocenters. The van der Waals surface area contributed by atoms with Gasteiger partial charge in [0.05, 0.1) is 0 Å². The molecule has 4 N–H and O–H groups in total. The Morgan fingerprint density at radius 3 is 2.80 bits per heavy atom. The topological polar surface area (TPSA) is 92.9 Å². The summed E-state index contributed by atoms with van der Waals surface area (Å²) in [5.41, 5.74) is 7.35. The van der Waals surface area contributed by atoms with Crippen molar-refractivity contribution >= 4 is 17.4 Å². The molecule has 2 aromatic rings. The Labute approximate surface area is 117 Å². The van der Waals surface area contributed by atoms with Crippen LogP contribution in [-0.4, -0.2) is 29.0 Å². The van der Waals surface area contributed by atoms with E-state index in [0.29, 0.717) is 30.4 Å². The number of nitrogens with one attached hydrogen (secondary N) is 2. The number of benzene rings is 1. The summed E-state index contributed by atoms with van der Waals surface area (Å²) in [6, 6.07) is 9.23. The van der Waals surface area contributed by atoms with Crippen LogP contribution in [0, 0.1) is 0 Å². The molecule has 2 rings (SSSR count). The van der Waals surface area contributed by atoms with Gasteiger partial charge in [-0.25, -0.2) is 9.97 Å². The van der Waals surface area contributed by atoms with E-state index in [1.807, 2.05) is 24.3 Å². The summed E-state index contributed by atoms with van der Waals surface area (Å²) in [7, 11) is 0. The zero-order valence-electron chi connectivity index (χ0n) is 11.3. The number of hydrogen-bond donors (Lipinski definition) is 3. The fourth-order valence-electron chi connectivity index (χ4n) is 1.72. The highest BCUT2D eigenvalue weighted by Gasteiger charge is 2.05. The number of nitrogen functional groups attached to an aromatic ring is 1. The number of amides is 1. The first-order valence-corrected chi connectivity index (χ1v) is 6.33. The number of nitrogens with zero attached hydrogens (tertiary/aromatic N) is 2. The largest absolute Gasteiger partial charge is 0.398 e. The van der Waals surface area contributed by atoms with Crippen molar-refractivity contribution < 1.29 is 4.79 Å².